The second-order valence-corrected chi connectivity index (χ2v) is 14.1. The first kappa shape index (κ1) is 28.7. The Kier molecular flexibility index (Phi) is 5.83. The van der Waals surface area contributed by atoms with E-state index < -0.39 is 0 Å². The average Bonchev–Trinajstić information content (AvgIpc) is 3.88. The number of furan rings is 1. The Morgan fingerprint density at radius 2 is 1.26 bits per heavy atom. The van der Waals surface area contributed by atoms with E-state index in [1.165, 1.54) is 48.8 Å². The van der Waals surface area contributed by atoms with Crippen molar-refractivity contribution in [1.82, 2.24) is 19.1 Å². The maximum atomic E-state index is 6.23. The lowest BCUT2D eigenvalue weighted by molar-refractivity contribution is 0.595. The average molecular weight is 679 g/mol. The Morgan fingerprint density at radius 1 is 0.528 bits per heavy atom. The van der Waals surface area contributed by atoms with E-state index in [1.54, 1.807) is 0 Å². The quantitative estimate of drug-likeness (QED) is 0.187. The molecule has 0 unspecified atom stereocenters. The van der Waals surface area contributed by atoms with Crippen molar-refractivity contribution in [3.05, 3.63) is 163 Å². The van der Waals surface area contributed by atoms with Gasteiger partial charge in [-0.25, -0.2) is 9.97 Å². The van der Waals surface area contributed by atoms with E-state index in [9.17, 15) is 0 Å². The molecule has 0 N–H and O–H groups in total. The van der Waals surface area contributed by atoms with Crippen LogP contribution in [0.1, 0.15) is 17.7 Å². The van der Waals surface area contributed by atoms with Gasteiger partial charge in [0.2, 0.25) is 5.95 Å². The Balaban J connectivity index is 1.10. The van der Waals surface area contributed by atoms with Crippen LogP contribution in [0.25, 0.3) is 105 Å². The van der Waals surface area contributed by atoms with Crippen LogP contribution in [0, 0.1) is 0 Å². The Bertz CT molecular complexity index is 3360. The predicted octanol–water partition coefficient (Wildman–Crippen LogP) is 12.3. The van der Waals surface area contributed by atoms with Crippen LogP contribution in [0.15, 0.2) is 156 Å². The van der Waals surface area contributed by atoms with Gasteiger partial charge in [0.25, 0.3) is 0 Å². The number of aryl methyl sites for hydroxylation is 1. The molecule has 0 saturated carbocycles. The first-order valence-corrected chi connectivity index (χ1v) is 18.2. The molecule has 11 aromatic rings. The number of para-hydroxylation sites is 3. The van der Waals surface area contributed by atoms with Gasteiger partial charge in [0, 0.05) is 49.1 Å². The van der Waals surface area contributed by atoms with Crippen molar-refractivity contribution < 1.29 is 4.42 Å². The summed E-state index contributed by atoms with van der Waals surface area (Å²) >= 11 is 0. The second kappa shape index (κ2) is 10.8. The zero-order chi connectivity index (χ0) is 34.6. The molecule has 53 heavy (non-hydrogen) atoms. The highest BCUT2D eigenvalue weighted by Gasteiger charge is 2.21. The minimum Gasteiger partial charge on any atom is -0.456 e. The van der Waals surface area contributed by atoms with E-state index in [-0.39, 0.29) is 0 Å². The normalized spacial score (nSPS) is 13.1. The van der Waals surface area contributed by atoms with Gasteiger partial charge in [-0.1, -0.05) is 97.1 Å². The van der Waals surface area contributed by atoms with Gasteiger partial charge in [0.05, 0.1) is 33.3 Å². The topological polar surface area (TPSA) is 48.8 Å². The van der Waals surface area contributed by atoms with Crippen LogP contribution in [0.5, 0.6) is 0 Å². The smallest absolute Gasteiger partial charge is 0.235 e. The monoisotopic (exact) mass is 678 g/mol. The molecule has 0 saturated heterocycles. The van der Waals surface area contributed by atoms with E-state index in [2.05, 4.69) is 167 Å². The van der Waals surface area contributed by atoms with Gasteiger partial charge in [0.15, 0.2) is 0 Å². The number of fused-ring (bicyclic) bond motifs is 12. The number of benzene rings is 7. The first-order chi connectivity index (χ1) is 26.3. The van der Waals surface area contributed by atoms with Gasteiger partial charge < -0.3 is 8.98 Å². The van der Waals surface area contributed by atoms with Crippen molar-refractivity contribution in [2.75, 3.05) is 0 Å². The van der Waals surface area contributed by atoms with Gasteiger partial charge in [0.1, 0.15) is 11.3 Å². The Labute approximate surface area is 303 Å². The van der Waals surface area contributed by atoms with E-state index in [0.29, 0.717) is 5.95 Å². The van der Waals surface area contributed by atoms with Gasteiger partial charge in [-0.3, -0.25) is 4.57 Å². The molecule has 1 aliphatic carbocycles. The molecular weight excluding hydrogens is 649 g/mol. The minimum atomic E-state index is 0.661. The number of nitrogens with zero attached hydrogens (tertiary/aromatic N) is 4. The van der Waals surface area contributed by atoms with Crippen LogP contribution in [-0.2, 0) is 6.42 Å². The summed E-state index contributed by atoms with van der Waals surface area (Å²) < 4.78 is 10.9. The van der Waals surface area contributed by atoms with E-state index >= 15 is 0 Å². The molecule has 4 aromatic heterocycles. The fourth-order valence-corrected chi connectivity index (χ4v) is 8.84. The van der Waals surface area contributed by atoms with Gasteiger partial charge in [-0.05, 0) is 84.3 Å². The van der Waals surface area contributed by atoms with Gasteiger partial charge in [-0.2, -0.15) is 0 Å². The summed E-state index contributed by atoms with van der Waals surface area (Å²) in [5.41, 5.74) is 10.7. The zero-order valence-electron chi connectivity index (χ0n) is 28.6. The number of hydrogen-bond acceptors (Lipinski definition) is 3. The van der Waals surface area contributed by atoms with Crippen molar-refractivity contribution in [2.45, 2.75) is 12.8 Å². The largest absolute Gasteiger partial charge is 0.456 e. The lowest BCUT2D eigenvalue weighted by atomic mass is 10.0. The molecule has 0 spiro atoms. The van der Waals surface area contributed by atoms with Crippen LogP contribution < -0.4 is 0 Å². The summed E-state index contributed by atoms with van der Waals surface area (Å²) in [6.45, 7) is 0. The molecule has 0 aliphatic heterocycles. The van der Waals surface area contributed by atoms with Gasteiger partial charge in [-0.15, -0.1) is 0 Å². The summed E-state index contributed by atoms with van der Waals surface area (Å²) in [5, 5.41) is 9.46. The van der Waals surface area contributed by atoms with Crippen molar-refractivity contribution in [1.29, 1.82) is 0 Å². The second-order valence-electron chi connectivity index (χ2n) is 14.1. The number of aromatic nitrogens is 4. The standard InChI is InChI=1S/C48H30N4O/c1-2-12-32-29(11-1)21-25-43-46(32)36-16-5-9-19-41(36)52(43)48-49-39-17-7-3-15-35(39)47(50-48)30-22-24-42-37(27-30)33-13-4-8-18-40(33)51(42)31-23-26-45-38(28-31)34-14-6-10-20-44(34)53-45/h1-5,7-13,15-28H,6,14H2. The van der Waals surface area contributed by atoms with Crippen molar-refractivity contribution >= 4 is 82.3 Å². The number of hydrogen-bond donors (Lipinski definition) is 0. The molecule has 4 heterocycles. The highest BCUT2D eigenvalue weighted by Crippen LogP contribution is 2.40. The molecule has 0 amide bonds. The molecule has 7 aromatic carbocycles. The third kappa shape index (κ3) is 4.07. The molecule has 5 heteroatoms. The van der Waals surface area contributed by atoms with Crippen LogP contribution in [0.3, 0.4) is 0 Å². The summed E-state index contributed by atoms with van der Waals surface area (Å²) in [5.74, 6) is 1.65. The predicted molar refractivity (Wildman–Crippen MR) is 218 cm³/mol. The molecule has 0 radical (unpaired) electrons. The van der Waals surface area contributed by atoms with Crippen molar-refractivity contribution in [3.8, 4) is 22.9 Å². The summed E-state index contributed by atoms with van der Waals surface area (Å²) in [6.07, 6.45) is 6.35. The summed E-state index contributed by atoms with van der Waals surface area (Å²) in [4.78, 5) is 10.7. The maximum Gasteiger partial charge on any atom is 0.235 e. The molecule has 0 bridgehead atoms. The molecule has 0 atom stereocenters. The number of allylic oxidation sites excluding steroid dienone is 1. The lowest BCUT2D eigenvalue weighted by Gasteiger charge is -2.12. The summed E-state index contributed by atoms with van der Waals surface area (Å²) in [7, 11) is 0. The molecule has 12 rings (SSSR count). The lowest BCUT2D eigenvalue weighted by Crippen LogP contribution is -2.03. The van der Waals surface area contributed by atoms with Gasteiger partial charge >= 0.3 is 0 Å². The highest BCUT2D eigenvalue weighted by atomic mass is 16.3. The third-order valence-corrected chi connectivity index (χ3v) is 11.2. The molecule has 1 aliphatic rings. The van der Waals surface area contributed by atoms with Crippen LogP contribution in [0.2, 0.25) is 0 Å². The zero-order valence-corrected chi connectivity index (χ0v) is 28.6. The molecule has 5 nitrogen and oxygen atoms in total. The van der Waals surface area contributed by atoms with Crippen LogP contribution >= 0.6 is 0 Å². The SMILES string of the molecule is C1=Cc2oc3ccc(-n4c5ccccc5c5cc(-c6nc(-n7c8ccccc8c8c9ccccc9ccc87)nc7ccccc67)ccc54)cc3c2CC1. The fourth-order valence-electron chi connectivity index (χ4n) is 8.84. The Morgan fingerprint density at radius 3 is 2.17 bits per heavy atom. The summed E-state index contributed by atoms with van der Waals surface area (Å²) in [6, 6.07) is 52.1. The van der Waals surface area contributed by atoms with Crippen molar-refractivity contribution in [2.24, 2.45) is 0 Å². The molecule has 0 fully saturated rings. The first-order valence-electron chi connectivity index (χ1n) is 18.2. The van der Waals surface area contributed by atoms with Crippen molar-refractivity contribution in [3.63, 3.8) is 0 Å². The van der Waals surface area contributed by atoms with E-state index in [1.807, 2.05) is 0 Å². The molecular formula is C48H30N4O. The van der Waals surface area contributed by atoms with E-state index in [4.69, 9.17) is 14.4 Å². The highest BCUT2D eigenvalue weighted by molar-refractivity contribution is 6.21. The van der Waals surface area contributed by atoms with Crippen LogP contribution in [0.4, 0.5) is 0 Å². The Hall–Kier alpha value is -6.98. The fraction of sp³-hybridized carbons (Fsp3) is 0.0417. The maximum absolute atomic E-state index is 6.23. The minimum absolute atomic E-state index is 0.661. The molecule has 248 valence electrons. The third-order valence-electron chi connectivity index (χ3n) is 11.2. The van der Waals surface area contributed by atoms with Crippen LogP contribution in [-0.4, -0.2) is 19.1 Å². The number of rotatable bonds is 3. The van der Waals surface area contributed by atoms with E-state index in [0.717, 1.165) is 68.6 Å².